The molecule has 0 saturated heterocycles. The van der Waals surface area contributed by atoms with Crippen molar-refractivity contribution in [2.24, 2.45) is 0 Å². The highest BCUT2D eigenvalue weighted by Crippen LogP contribution is 2.31. The van der Waals surface area contributed by atoms with E-state index < -0.39 is 48.7 Å². The number of hydrogen-bond donors (Lipinski definition) is 6. The molecule has 0 spiro atoms. The van der Waals surface area contributed by atoms with Crippen molar-refractivity contribution in [3.8, 4) is 11.5 Å². The summed E-state index contributed by atoms with van der Waals surface area (Å²) in [6.45, 7) is 0. The highest BCUT2D eigenvalue weighted by Gasteiger charge is 2.50. The monoisotopic (exact) mass is 354 g/mol. The van der Waals surface area contributed by atoms with E-state index in [0.29, 0.717) is 5.56 Å². The van der Waals surface area contributed by atoms with Gasteiger partial charge in [0.15, 0.2) is 17.1 Å². The molecule has 25 heavy (non-hydrogen) atoms. The van der Waals surface area contributed by atoms with Crippen LogP contribution >= 0.6 is 0 Å². The molecule has 0 aromatic heterocycles. The molecule has 1 saturated carbocycles. The van der Waals surface area contributed by atoms with Crippen LogP contribution in [-0.4, -0.2) is 66.5 Å². The van der Waals surface area contributed by atoms with Crippen LogP contribution in [0.5, 0.6) is 11.5 Å². The Morgan fingerprint density at radius 3 is 2.44 bits per heavy atom. The Morgan fingerprint density at radius 2 is 1.84 bits per heavy atom. The van der Waals surface area contributed by atoms with Gasteiger partial charge in [-0.3, -0.25) is 0 Å². The summed E-state index contributed by atoms with van der Waals surface area (Å²) < 4.78 is 4.92. The first-order valence-corrected chi connectivity index (χ1v) is 7.35. The maximum absolute atomic E-state index is 11.8. The number of aliphatic hydroxyl groups excluding tert-OH is 2. The zero-order chi connectivity index (χ0) is 18.8. The van der Waals surface area contributed by atoms with Gasteiger partial charge in [0.1, 0.15) is 12.2 Å². The van der Waals surface area contributed by atoms with Crippen LogP contribution in [0, 0.1) is 0 Å². The fourth-order valence-electron chi connectivity index (χ4n) is 2.53. The number of rotatable bonds is 4. The molecule has 1 aliphatic rings. The van der Waals surface area contributed by atoms with E-state index in [1.165, 1.54) is 24.3 Å². The summed E-state index contributed by atoms with van der Waals surface area (Å²) >= 11 is 0. The highest BCUT2D eigenvalue weighted by atomic mass is 16.6. The number of phenols is 2. The van der Waals surface area contributed by atoms with E-state index in [-0.39, 0.29) is 11.5 Å². The van der Waals surface area contributed by atoms with E-state index in [1.807, 2.05) is 0 Å². The number of aromatic hydroxyl groups is 2. The van der Waals surface area contributed by atoms with E-state index >= 15 is 0 Å². The van der Waals surface area contributed by atoms with E-state index in [9.17, 15) is 35.1 Å². The summed E-state index contributed by atoms with van der Waals surface area (Å²) in [5, 5.41) is 57.0. The molecule has 9 heteroatoms. The van der Waals surface area contributed by atoms with Crippen molar-refractivity contribution < 1.29 is 45.0 Å². The van der Waals surface area contributed by atoms with Crippen LogP contribution in [0.4, 0.5) is 0 Å². The van der Waals surface area contributed by atoms with Crippen LogP contribution < -0.4 is 0 Å². The molecule has 1 aliphatic carbocycles. The summed E-state index contributed by atoms with van der Waals surface area (Å²) in [7, 11) is 0. The zero-order valence-electron chi connectivity index (χ0n) is 12.9. The van der Waals surface area contributed by atoms with Gasteiger partial charge in [0.25, 0.3) is 0 Å². The number of benzene rings is 1. The number of aliphatic carboxylic acids is 1. The summed E-state index contributed by atoms with van der Waals surface area (Å²) in [6, 6.07) is 3.83. The van der Waals surface area contributed by atoms with Crippen molar-refractivity contribution in [2.45, 2.75) is 36.8 Å². The number of carbonyl (C=O) groups is 2. The van der Waals surface area contributed by atoms with Crippen LogP contribution in [0.3, 0.4) is 0 Å². The summed E-state index contributed by atoms with van der Waals surface area (Å²) in [5.74, 6) is -3.24. The lowest BCUT2D eigenvalue weighted by atomic mass is 9.79. The van der Waals surface area contributed by atoms with Crippen LogP contribution in [0.2, 0.25) is 0 Å². The molecule has 0 aliphatic heterocycles. The van der Waals surface area contributed by atoms with Crippen molar-refractivity contribution in [1.29, 1.82) is 0 Å². The first kappa shape index (κ1) is 18.7. The molecule has 0 radical (unpaired) electrons. The minimum atomic E-state index is -2.31. The Kier molecular flexibility index (Phi) is 5.31. The first-order chi connectivity index (χ1) is 11.6. The van der Waals surface area contributed by atoms with Crippen molar-refractivity contribution in [3.63, 3.8) is 0 Å². The number of hydrogen-bond acceptors (Lipinski definition) is 8. The Balaban J connectivity index is 2.06. The third-order valence-corrected chi connectivity index (χ3v) is 3.94. The summed E-state index contributed by atoms with van der Waals surface area (Å²) in [6.07, 6.45) is -3.44. The summed E-state index contributed by atoms with van der Waals surface area (Å²) in [4.78, 5) is 22.9. The van der Waals surface area contributed by atoms with E-state index in [1.54, 1.807) is 0 Å². The van der Waals surface area contributed by atoms with Crippen molar-refractivity contribution in [2.75, 3.05) is 0 Å². The Hall–Kier alpha value is -2.62. The quantitative estimate of drug-likeness (QED) is 0.234. The van der Waals surface area contributed by atoms with Gasteiger partial charge in [-0.2, -0.15) is 0 Å². The zero-order valence-corrected chi connectivity index (χ0v) is 12.9. The fraction of sp³-hybridized carbons (Fsp3) is 0.375. The number of carboxylic acid groups (broad SMARTS) is 1. The number of phenolic OH excluding ortho intramolecular Hbond substituents is 2. The van der Waals surface area contributed by atoms with Gasteiger partial charge < -0.3 is 35.4 Å². The van der Waals surface area contributed by atoms with Crippen LogP contribution in [0.15, 0.2) is 24.3 Å². The van der Waals surface area contributed by atoms with Gasteiger partial charge in [-0.05, 0) is 23.8 Å². The summed E-state index contributed by atoms with van der Waals surface area (Å²) in [5.41, 5.74) is -1.94. The Bertz CT molecular complexity index is 699. The topological polar surface area (TPSA) is 165 Å². The van der Waals surface area contributed by atoms with Crippen molar-refractivity contribution in [1.82, 2.24) is 0 Å². The molecule has 0 amide bonds. The van der Waals surface area contributed by atoms with Gasteiger partial charge in [-0.15, -0.1) is 0 Å². The number of carbonyl (C=O) groups excluding carboxylic acids is 1. The van der Waals surface area contributed by atoms with Gasteiger partial charge >= 0.3 is 11.9 Å². The number of ether oxygens (including phenoxy) is 1. The lowest BCUT2D eigenvalue weighted by Gasteiger charge is -2.39. The molecule has 4 atom stereocenters. The van der Waals surface area contributed by atoms with Gasteiger partial charge in [-0.1, -0.05) is 6.07 Å². The largest absolute Gasteiger partial charge is 0.504 e. The van der Waals surface area contributed by atoms with E-state index in [2.05, 4.69) is 0 Å². The van der Waals surface area contributed by atoms with E-state index in [0.717, 1.165) is 6.08 Å². The molecule has 1 aromatic rings. The molecular weight excluding hydrogens is 336 g/mol. The van der Waals surface area contributed by atoms with Crippen LogP contribution in [0.25, 0.3) is 6.08 Å². The fourth-order valence-corrected chi connectivity index (χ4v) is 2.53. The SMILES string of the molecule is O=C(/C=C\c1ccc(O)c(O)c1)O[C@@H]1C[C@@](O)(C(=O)O)C[C@@H](O)[C@H]1O. The van der Waals surface area contributed by atoms with E-state index in [4.69, 9.17) is 9.84 Å². The van der Waals surface area contributed by atoms with Crippen LogP contribution in [0.1, 0.15) is 18.4 Å². The second-order valence-electron chi connectivity index (χ2n) is 5.86. The predicted molar refractivity (Wildman–Crippen MR) is 82.5 cm³/mol. The normalized spacial score (nSPS) is 29.5. The number of carboxylic acids is 1. The number of aliphatic hydroxyl groups is 3. The minimum absolute atomic E-state index is 0.327. The van der Waals surface area contributed by atoms with Crippen molar-refractivity contribution in [3.05, 3.63) is 29.8 Å². The molecule has 1 fully saturated rings. The molecule has 0 heterocycles. The molecular formula is C16H18O9. The second kappa shape index (κ2) is 7.09. The maximum atomic E-state index is 11.8. The van der Waals surface area contributed by atoms with Gasteiger partial charge in [0, 0.05) is 18.9 Å². The molecule has 0 bridgehead atoms. The first-order valence-electron chi connectivity index (χ1n) is 7.35. The lowest BCUT2D eigenvalue weighted by Crippen LogP contribution is -2.57. The maximum Gasteiger partial charge on any atom is 0.335 e. The minimum Gasteiger partial charge on any atom is -0.504 e. The Labute approximate surface area is 142 Å². The molecule has 2 rings (SSSR count). The van der Waals surface area contributed by atoms with Gasteiger partial charge in [0.2, 0.25) is 0 Å². The molecule has 136 valence electrons. The predicted octanol–water partition coefficient (Wildman–Crippen LogP) is -0.646. The highest BCUT2D eigenvalue weighted by molar-refractivity contribution is 5.87. The average Bonchev–Trinajstić information content (AvgIpc) is 2.53. The molecule has 9 nitrogen and oxygen atoms in total. The third-order valence-electron chi connectivity index (χ3n) is 3.94. The molecule has 6 N–H and O–H groups in total. The van der Waals surface area contributed by atoms with Gasteiger partial charge in [-0.25, -0.2) is 9.59 Å². The van der Waals surface area contributed by atoms with Crippen LogP contribution in [-0.2, 0) is 14.3 Å². The smallest absolute Gasteiger partial charge is 0.335 e. The molecule has 0 unspecified atom stereocenters. The standard InChI is InChI=1S/C16H18O9/c17-9-3-1-8(5-10(9)18)2-4-13(20)25-12-7-16(24,15(22)23)6-11(19)14(12)21/h1-5,11-12,14,17-19,21,24H,6-7H2,(H,22,23)/b4-2-/t11-,12-,14-,16-/m1/s1. The van der Waals surface area contributed by atoms with Crippen molar-refractivity contribution >= 4 is 18.0 Å². The Morgan fingerprint density at radius 1 is 1.16 bits per heavy atom. The second-order valence-corrected chi connectivity index (χ2v) is 5.86. The average molecular weight is 354 g/mol. The number of esters is 1. The molecule has 1 aromatic carbocycles. The van der Waals surface area contributed by atoms with Gasteiger partial charge in [0.05, 0.1) is 6.10 Å². The lowest BCUT2D eigenvalue weighted by molar-refractivity contribution is -0.196. The third kappa shape index (κ3) is 4.27.